The van der Waals surface area contributed by atoms with Crippen LogP contribution in [0.25, 0.3) is 0 Å². The summed E-state index contributed by atoms with van der Waals surface area (Å²) in [5.74, 6) is 0.383. The van der Waals surface area contributed by atoms with E-state index in [1.807, 2.05) is 6.07 Å². The molecule has 0 saturated carbocycles. The van der Waals surface area contributed by atoms with Gasteiger partial charge in [-0.2, -0.15) is 0 Å². The minimum absolute atomic E-state index is 0.212. The predicted octanol–water partition coefficient (Wildman–Crippen LogP) is 2.98. The molecule has 3 rings (SSSR count). The molecule has 1 atom stereocenters. The summed E-state index contributed by atoms with van der Waals surface area (Å²) in [5.41, 5.74) is 7.15. The summed E-state index contributed by atoms with van der Waals surface area (Å²) in [7, 11) is 0. The Bertz CT molecular complexity index is 661. The number of rotatable bonds is 3. The number of benzene rings is 2. The number of ether oxygens (including phenoxy) is 2. The summed E-state index contributed by atoms with van der Waals surface area (Å²) < 4.78 is 37.8. The molecule has 0 aromatic heterocycles. The molecule has 0 bridgehead atoms. The number of hydrogen-bond acceptors (Lipinski definition) is 3. The molecule has 3 nitrogen and oxygen atoms in total. The Morgan fingerprint density at radius 1 is 1.00 bits per heavy atom. The first-order valence-electron chi connectivity index (χ1n) is 6.72. The molecule has 0 spiro atoms. The van der Waals surface area contributed by atoms with Crippen molar-refractivity contribution < 1.29 is 18.3 Å². The van der Waals surface area contributed by atoms with Gasteiger partial charge in [-0.1, -0.05) is 6.07 Å². The van der Waals surface area contributed by atoms with Gasteiger partial charge in [-0.3, -0.25) is 0 Å². The van der Waals surface area contributed by atoms with E-state index in [1.165, 1.54) is 6.07 Å². The van der Waals surface area contributed by atoms with Crippen molar-refractivity contribution in [1.82, 2.24) is 0 Å². The number of halogens is 2. The zero-order valence-corrected chi connectivity index (χ0v) is 11.3. The van der Waals surface area contributed by atoms with Gasteiger partial charge in [-0.25, -0.2) is 8.78 Å². The van der Waals surface area contributed by atoms with Crippen molar-refractivity contribution in [2.75, 3.05) is 13.2 Å². The number of hydrogen-bond donors (Lipinski definition) is 1. The molecule has 2 aromatic rings. The highest BCUT2D eigenvalue weighted by Crippen LogP contribution is 2.33. The first-order valence-corrected chi connectivity index (χ1v) is 6.72. The molecule has 0 saturated heterocycles. The Balaban J connectivity index is 1.82. The van der Waals surface area contributed by atoms with Crippen molar-refractivity contribution >= 4 is 0 Å². The summed E-state index contributed by atoms with van der Waals surface area (Å²) >= 11 is 0. The fourth-order valence-electron chi connectivity index (χ4n) is 2.35. The van der Waals surface area contributed by atoms with E-state index in [1.54, 1.807) is 12.1 Å². The van der Waals surface area contributed by atoms with Crippen LogP contribution in [0.15, 0.2) is 36.4 Å². The van der Waals surface area contributed by atoms with Crippen molar-refractivity contribution in [3.05, 3.63) is 59.2 Å². The summed E-state index contributed by atoms with van der Waals surface area (Å²) in [4.78, 5) is 0. The largest absolute Gasteiger partial charge is 0.486 e. The Kier molecular flexibility index (Phi) is 3.75. The molecule has 21 heavy (non-hydrogen) atoms. The lowest BCUT2D eigenvalue weighted by atomic mass is 9.99. The lowest BCUT2D eigenvalue weighted by Gasteiger charge is -2.20. The van der Waals surface area contributed by atoms with E-state index >= 15 is 0 Å². The number of nitrogens with two attached hydrogens (primary N) is 1. The molecule has 1 aliphatic heterocycles. The predicted molar refractivity (Wildman–Crippen MR) is 74.4 cm³/mol. The SMILES string of the molecule is NC(Cc1cc(F)ccc1F)c1ccc2c(c1)OCCO2. The first-order chi connectivity index (χ1) is 10.1. The van der Waals surface area contributed by atoms with Gasteiger partial charge in [-0.15, -0.1) is 0 Å². The topological polar surface area (TPSA) is 44.5 Å². The minimum Gasteiger partial charge on any atom is -0.486 e. The maximum absolute atomic E-state index is 13.7. The summed E-state index contributed by atoms with van der Waals surface area (Å²) in [6.45, 7) is 1.01. The second-order valence-corrected chi connectivity index (χ2v) is 4.95. The number of fused-ring (bicyclic) bond motifs is 1. The monoisotopic (exact) mass is 291 g/mol. The molecule has 0 radical (unpaired) electrons. The minimum atomic E-state index is -0.472. The fraction of sp³-hybridized carbons (Fsp3) is 0.250. The van der Waals surface area contributed by atoms with Crippen molar-refractivity contribution in [3.63, 3.8) is 0 Å². The van der Waals surface area contributed by atoms with Gasteiger partial charge in [0, 0.05) is 6.04 Å². The summed E-state index contributed by atoms with van der Waals surface area (Å²) in [6.07, 6.45) is 0.212. The van der Waals surface area contributed by atoms with Crippen molar-refractivity contribution in [3.8, 4) is 11.5 Å². The van der Waals surface area contributed by atoms with Crippen LogP contribution in [0.4, 0.5) is 8.78 Å². The molecule has 2 aromatic carbocycles. The van der Waals surface area contributed by atoms with Gasteiger partial charge in [0.25, 0.3) is 0 Å². The van der Waals surface area contributed by atoms with Gasteiger partial charge < -0.3 is 15.2 Å². The summed E-state index contributed by atoms with van der Waals surface area (Å²) in [6, 6.07) is 8.32. The van der Waals surface area contributed by atoms with Gasteiger partial charge in [0.1, 0.15) is 24.8 Å². The van der Waals surface area contributed by atoms with E-state index in [0.717, 1.165) is 17.7 Å². The third-order valence-electron chi connectivity index (χ3n) is 3.44. The molecular weight excluding hydrogens is 276 g/mol. The third-order valence-corrected chi connectivity index (χ3v) is 3.44. The van der Waals surface area contributed by atoms with E-state index < -0.39 is 17.7 Å². The lowest BCUT2D eigenvalue weighted by Crippen LogP contribution is -2.18. The highest BCUT2D eigenvalue weighted by Gasteiger charge is 2.16. The van der Waals surface area contributed by atoms with Crippen LogP contribution < -0.4 is 15.2 Å². The quantitative estimate of drug-likeness (QED) is 0.945. The zero-order valence-electron chi connectivity index (χ0n) is 11.3. The van der Waals surface area contributed by atoms with E-state index in [4.69, 9.17) is 15.2 Å². The molecule has 1 unspecified atom stereocenters. The average molecular weight is 291 g/mol. The smallest absolute Gasteiger partial charge is 0.161 e. The highest BCUT2D eigenvalue weighted by molar-refractivity contribution is 5.45. The van der Waals surface area contributed by atoms with Gasteiger partial charge >= 0.3 is 0 Å². The van der Waals surface area contributed by atoms with E-state index in [0.29, 0.717) is 24.7 Å². The van der Waals surface area contributed by atoms with Crippen LogP contribution in [0.5, 0.6) is 11.5 Å². The molecule has 0 aliphatic carbocycles. The van der Waals surface area contributed by atoms with Crippen molar-refractivity contribution in [1.29, 1.82) is 0 Å². The highest BCUT2D eigenvalue weighted by atomic mass is 19.1. The van der Waals surface area contributed by atoms with Gasteiger partial charge in [0.05, 0.1) is 0 Å². The normalized spacial score (nSPS) is 14.8. The van der Waals surface area contributed by atoms with Crippen molar-refractivity contribution in [2.45, 2.75) is 12.5 Å². The van der Waals surface area contributed by atoms with Gasteiger partial charge in [-0.05, 0) is 47.9 Å². The Labute approximate surface area is 121 Å². The Morgan fingerprint density at radius 2 is 1.76 bits per heavy atom. The zero-order chi connectivity index (χ0) is 14.8. The van der Waals surface area contributed by atoms with E-state index in [9.17, 15) is 8.78 Å². The second kappa shape index (κ2) is 5.69. The van der Waals surface area contributed by atoms with E-state index in [-0.39, 0.29) is 12.0 Å². The van der Waals surface area contributed by atoms with Crippen LogP contribution in [-0.4, -0.2) is 13.2 Å². The van der Waals surface area contributed by atoms with Gasteiger partial charge in [0.15, 0.2) is 11.5 Å². The van der Waals surface area contributed by atoms with Crippen molar-refractivity contribution in [2.24, 2.45) is 5.73 Å². The average Bonchev–Trinajstić information content (AvgIpc) is 2.50. The molecule has 1 heterocycles. The maximum atomic E-state index is 13.7. The molecular formula is C16H15F2NO2. The molecule has 2 N–H and O–H groups in total. The van der Waals surface area contributed by atoms with Crippen LogP contribution in [0.1, 0.15) is 17.2 Å². The third kappa shape index (κ3) is 2.97. The van der Waals surface area contributed by atoms with Crippen LogP contribution in [0.2, 0.25) is 0 Å². The molecule has 5 heteroatoms. The Morgan fingerprint density at radius 3 is 2.57 bits per heavy atom. The molecule has 0 amide bonds. The maximum Gasteiger partial charge on any atom is 0.161 e. The first kappa shape index (κ1) is 13.8. The van der Waals surface area contributed by atoms with E-state index in [2.05, 4.69) is 0 Å². The molecule has 1 aliphatic rings. The summed E-state index contributed by atoms with van der Waals surface area (Å²) in [5, 5.41) is 0. The standard InChI is InChI=1S/C16H15F2NO2/c17-12-2-3-13(18)11(7-12)8-14(19)10-1-4-15-16(9-10)21-6-5-20-15/h1-4,7,9,14H,5-6,8,19H2. The molecule has 0 fully saturated rings. The van der Waals surface area contributed by atoms with Crippen LogP contribution in [0.3, 0.4) is 0 Å². The second-order valence-electron chi connectivity index (χ2n) is 4.95. The van der Waals surface area contributed by atoms with Gasteiger partial charge in [0.2, 0.25) is 0 Å². The van der Waals surface area contributed by atoms with Crippen LogP contribution in [0, 0.1) is 11.6 Å². The Hall–Kier alpha value is -2.14. The fourth-order valence-corrected chi connectivity index (χ4v) is 2.35. The van der Waals surface area contributed by atoms with Crippen LogP contribution >= 0.6 is 0 Å². The molecule has 110 valence electrons. The van der Waals surface area contributed by atoms with Crippen LogP contribution in [-0.2, 0) is 6.42 Å². The lowest BCUT2D eigenvalue weighted by molar-refractivity contribution is 0.171.